The van der Waals surface area contributed by atoms with Crippen LogP contribution in [0.15, 0.2) is 59.0 Å². The molecule has 3 rings (SSSR count). The first-order valence-electron chi connectivity index (χ1n) is 8.37. The molecule has 0 aliphatic carbocycles. The average Bonchev–Trinajstić information content (AvgIpc) is 3.01. The summed E-state index contributed by atoms with van der Waals surface area (Å²) in [5.41, 5.74) is 1.89. The number of benzene rings is 2. The molecule has 1 unspecified atom stereocenters. The van der Waals surface area contributed by atoms with Crippen LogP contribution in [0.5, 0.6) is 5.75 Å². The van der Waals surface area contributed by atoms with E-state index < -0.39 is 6.10 Å². The highest BCUT2D eigenvalue weighted by molar-refractivity contribution is 5.77. The number of para-hydroxylation sites is 1. The third-order valence-corrected chi connectivity index (χ3v) is 3.82. The average molecular weight is 340 g/mol. The first-order valence-corrected chi connectivity index (χ1v) is 8.37. The summed E-state index contributed by atoms with van der Waals surface area (Å²) in [5.74, 6) is 1.64. The fraction of sp³-hybridized carbons (Fsp3) is 0.300. The van der Waals surface area contributed by atoms with Crippen LogP contribution in [-0.2, 0) is 6.54 Å². The highest BCUT2D eigenvalue weighted by Crippen LogP contribution is 2.21. The Morgan fingerprint density at radius 3 is 2.60 bits per heavy atom. The lowest BCUT2D eigenvalue weighted by atomic mass is 10.2. The van der Waals surface area contributed by atoms with Crippen molar-refractivity contribution in [2.24, 2.45) is 0 Å². The molecule has 1 heterocycles. The Kier molecular flexibility index (Phi) is 5.58. The summed E-state index contributed by atoms with van der Waals surface area (Å²) in [5, 5.41) is 14.3. The number of anilines is 1. The van der Waals surface area contributed by atoms with Crippen LogP contribution in [0.2, 0.25) is 0 Å². The topological polar surface area (TPSA) is 57.9 Å². The summed E-state index contributed by atoms with van der Waals surface area (Å²) in [4.78, 5) is 1.93. The van der Waals surface area contributed by atoms with E-state index >= 15 is 0 Å². The summed E-state index contributed by atoms with van der Waals surface area (Å²) >= 11 is 0. The molecule has 3 aromatic rings. The number of furan rings is 1. The van der Waals surface area contributed by atoms with Gasteiger partial charge < -0.3 is 24.5 Å². The van der Waals surface area contributed by atoms with Crippen molar-refractivity contribution in [2.45, 2.75) is 12.6 Å². The van der Waals surface area contributed by atoms with E-state index in [4.69, 9.17) is 9.15 Å². The molecule has 0 aliphatic rings. The minimum atomic E-state index is -0.499. The molecule has 2 N–H and O–H groups in total. The van der Waals surface area contributed by atoms with Gasteiger partial charge in [0, 0.05) is 17.6 Å². The van der Waals surface area contributed by atoms with E-state index in [1.165, 1.54) is 0 Å². The number of fused-ring (bicyclic) bond motifs is 1. The van der Waals surface area contributed by atoms with Gasteiger partial charge in [-0.1, -0.05) is 18.2 Å². The second-order valence-corrected chi connectivity index (χ2v) is 6.36. The Bertz CT molecular complexity index is 763. The molecule has 0 spiro atoms. The first-order chi connectivity index (χ1) is 12.1. The number of rotatable bonds is 8. The van der Waals surface area contributed by atoms with Gasteiger partial charge >= 0.3 is 0 Å². The number of aliphatic hydroxyl groups excluding tert-OH is 1. The third-order valence-electron chi connectivity index (χ3n) is 3.82. The van der Waals surface area contributed by atoms with E-state index in [2.05, 4.69) is 5.32 Å². The molecule has 0 fully saturated rings. The highest BCUT2D eigenvalue weighted by atomic mass is 16.5. The molecule has 5 heteroatoms. The monoisotopic (exact) mass is 340 g/mol. The number of likely N-dealkylation sites (N-methyl/N-ethyl adjacent to an activating group) is 1. The molecule has 0 saturated carbocycles. The summed E-state index contributed by atoms with van der Waals surface area (Å²) < 4.78 is 11.4. The lowest BCUT2D eigenvalue weighted by molar-refractivity contribution is 0.0831. The van der Waals surface area contributed by atoms with Gasteiger partial charge in [-0.25, -0.2) is 0 Å². The van der Waals surface area contributed by atoms with Gasteiger partial charge in [0.1, 0.15) is 29.8 Å². The molecule has 0 saturated heterocycles. The highest BCUT2D eigenvalue weighted by Gasteiger charge is 2.07. The molecule has 2 aromatic carbocycles. The van der Waals surface area contributed by atoms with Crippen molar-refractivity contribution in [1.29, 1.82) is 0 Å². The van der Waals surface area contributed by atoms with E-state index in [0.29, 0.717) is 13.1 Å². The van der Waals surface area contributed by atoms with Crippen molar-refractivity contribution < 1.29 is 14.3 Å². The second kappa shape index (κ2) is 8.05. The van der Waals surface area contributed by atoms with Crippen LogP contribution in [0, 0.1) is 0 Å². The molecular weight excluding hydrogens is 316 g/mol. The van der Waals surface area contributed by atoms with Crippen molar-refractivity contribution in [3.63, 3.8) is 0 Å². The zero-order valence-electron chi connectivity index (χ0n) is 14.6. The quantitative estimate of drug-likeness (QED) is 0.659. The Balaban J connectivity index is 1.50. The number of nitrogens with zero attached hydrogens (tertiary/aromatic N) is 1. The minimum absolute atomic E-state index is 0.282. The van der Waals surface area contributed by atoms with Crippen LogP contribution in [-0.4, -0.2) is 43.4 Å². The Hall–Kier alpha value is -2.50. The van der Waals surface area contributed by atoms with Crippen LogP contribution >= 0.6 is 0 Å². The standard InChI is InChI=1S/C20H24N2O3/c1-22(2)13-17(23)14-24-18-9-7-16(8-10-18)21-12-19-11-15-5-3-4-6-20(15)25-19/h3-11,17,21,23H,12-14H2,1-2H3. The van der Waals surface area contributed by atoms with Crippen molar-refractivity contribution in [3.8, 4) is 5.75 Å². The molecule has 1 atom stereocenters. The van der Waals surface area contributed by atoms with E-state index in [0.717, 1.165) is 28.2 Å². The molecular formula is C20H24N2O3. The summed E-state index contributed by atoms with van der Waals surface area (Å²) in [6, 6.07) is 17.7. The van der Waals surface area contributed by atoms with Gasteiger partial charge in [-0.3, -0.25) is 0 Å². The molecule has 25 heavy (non-hydrogen) atoms. The first kappa shape index (κ1) is 17.3. The van der Waals surface area contributed by atoms with Crippen LogP contribution in [0.3, 0.4) is 0 Å². The second-order valence-electron chi connectivity index (χ2n) is 6.36. The van der Waals surface area contributed by atoms with Crippen LogP contribution in [0.25, 0.3) is 11.0 Å². The number of ether oxygens (including phenoxy) is 1. The van der Waals surface area contributed by atoms with Gasteiger partial charge in [0.15, 0.2) is 0 Å². The van der Waals surface area contributed by atoms with Crippen molar-refractivity contribution >= 4 is 16.7 Å². The largest absolute Gasteiger partial charge is 0.491 e. The minimum Gasteiger partial charge on any atom is -0.491 e. The molecule has 132 valence electrons. The normalized spacial score (nSPS) is 12.5. The van der Waals surface area contributed by atoms with E-state index in [1.807, 2.05) is 73.6 Å². The predicted molar refractivity (Wildman–Crippen MR) is 100 cm³/mol. The van der Waals surface area contributed by atoms with E-state index in [9.17, 15) is 5.11 Å². The number of aliphatic hydroxyl groups is 1. The summed E-state index contributed by atoms with van der Waals surface area (Å²) in [7, 11) is 3.84. The van der Waals surface area contributed by atoms with Gasteiger partial charge in [-0.05, 0) is 50.5 Å². The maximum absolute atomic E-state index is 9.82. The number of hydrogen-bond acceptors (Lipinski definition) is 5. The van der Waals surface area contributed by atoms with Gasteiger partial charge in [-0.15, -0.1) is 0 Å². The van der Waals surface area contributed by atoms with E-state index in [-0.39, 0.29) is 6.61 Å². The maximum atomic E-state index is 9.82. The smallest absolute Gasteiger partial charge is 0.134 e. The predicted octanol–water partition coefficient (Wildman–Crippen LogP) is 3.35. The molecule has 0 radical (unpaired) electrons. The van der Waals surface area contributed by atoms with Crippen LogP contribution < -0.4 is 10.1 Å². The van der Waals surface area contributed by atoms with Crippen LogP contribution in [0.1, 0.15) is 5.76 Å². The maximum Gasteiger partial charge on any atom is 0.134 e. The number of nitrogens with one attached hydrogen (secondary N) is 1. The molecule has 1 aromatic heterocycles. The van der Waals surface area contributed by atoms with Gasteiger partial charge in [0.2, 0.25) is 0 Å². The van der Waals surface area contributed by atoms with Crippen molar-refractivity contribution in [1.82, 2.24) is 4.90 Å². The lowest BCUT2D eigenvalue weighted by Crippen LogP contribution is -2.30. The summed E-state index contributed by atoms with van der Waals surface area (Å²) in [6.45, 7) is 1.48. The van der Waals surface area contributed by atoms with Gasteiger partial charge in [0.05, 0.1) is 6.54 Å². The number of hydrogen-bond donors (Lipinski definition) is 2. The molecule has 0 amide bonds. The molecule has 5 nitrogen and oxygen atoms in total. The Morgan fingerprint density at radius 2 is 1.88 bits per heavy atom. The van der Waals surface area contributed by atoms with Crippen molar-refractivity contribution in [3.05, 3.63) is 60.4 Å². The fourth-order valence-electron chi connectivity index (χ4n) is 2.65. The van der Waals surface area contributed by atoms with Gasteiger partial charge in [-0.2, -0.15) is 0 Å². The van der Waals surface area contributed by atoms with Crippen LogP contribution in [0.4, 0.5) is 5.69 Å². The molecule has 0 aliphatic heterocycles. The Morgan fingerprint density at radius 1 is 1.12 bits per heavy atom. The lowest BCUT2D eigenvalue weighted by Gasteiger charge is -2.16. The van der Waals surface area contributed by atoms with Crippen molar-refractivity contribution in [2.75, 3.05) is 32.6 Å². The SMILES string of the molecule is CN(C)CC(O)COc1ccc(NCc2cc3ccccc3o2)cc1. The fourth-order valence-corrected chi connectivity index (χ4v) is 2.65. The zero-order chi connectivity index (χ0) is 17.6. The van der Waals surface area contributed by atoms with E-state index in [1.54, 1.807) is 0 Å². The third kappa shape index (κ3) is 4.98. The van der Waals surface area contributed by atoms with Gasteiger partial charge in [0.25, 0.3) is 0 Å². The molecule has 0 bridgehead atoms. The summed E-state index contributed by atoms with van der Waals surface area (Å²) in [6.07, 6.45) is -0.499. The zero-order valence-corrected chi connectivity index (χ0v) is 14.6. The Labute approximate surface area is 147 Å².